The zero-order valence-corrected chi connectivity index (χ0v) is 21.3. The van der Waals surface area contributed by atoms with Crippen LogP contribution in [0.3, 0.4) is 0 Å². The van der Waals surface area contributed by atoms with Crippen molar-refractivity contribution in [2.45, 2.75) is 25.2 Å². The summed E-state index contributed by atoms with van der Waals surface area (Å²) in [6.07, 6.45) is 6.20. The largest absolute Gasteiger partial charge is 0.310 e. The van der Waals surface area contributed by atoms with Crippen molar-refractivity contribution in [3.05, 3.63) is 117 Å². The van der Waals surface area contributed by atoms with Gasteiger partial charge in [0.1, 0.15) is 0 Å². The number of nitrogens with zero attached hydrogens (tertiary/aromatic N) is 1. The van der Waals surface area contributed by atoms with Crippen LogP contribution < -0.4 is 4.90 Å². The Morgan fingerprint density at radius 1 is 0.727 bits per heavy atom. The van der Waals surface area contributed by atoms with Crippen LogP contribution in [0.2, 0.25) is 0 Å². The lowest BCUT2D eigenvalue weighted by Gasteiger charge is -2.28. The number of hydrogen-bond acceptors (Lipinski definition) is 1. The van der Waals surface area contributed by atoms with Crippen molar-refractivity contribution in [1.82, 2.24) is 0 Å². The van der Waals surface area contributed by atoms with Gasteiger partial charge in [-0.05, 0) is 96.5 Å². The molecule has 0 heterocycles. The van der Waals surface area contributed by atoms with Gasteiger partial charge >= 0.3 is 0 Å². The van der Waals surface area contributed by atoms with Crippen LogP contribution in [0.25, 0.3) is 17.2 Å². The Morgan fingerprint density at radius 3 is 2.09 bits per heavy atom. The van der Waals surface area contributed by atoms with Gasteiger partial charge in [-0.25, -0.2) is 0 Å². The molecule has 1 fully saturated rings. The fraction of sp³-hybridized carbons (Fsp3) is 0.133. The van der Waals surface area contributed by atoms with Crippen LogP contribution in [-0.2, 0) is 0 Å². The normalized spacial score (nSPS) is 16.3. The first-order chi connectivity index (χ1) is 16.2. The number of halogens is 2. The Hall–Kier alpha value is -2.62. The van der Waals surface area contributed by atoms with Gasteiger partial charge in [0.25, 0.3) is 0 Å². The SMILES string of the molecule is Brc1ccc(N(c2ccc(Br)cc2)c2ccccc2-c2ccc3c(c2)C2CCC(=C3)C2)cc1. The van der Waals surface area contributed by atoms with E-state index in [2.05, 4.69) is 134 Å². The van der Waals surface area contributed by atoms with Gasteiger partial charge in [0.05, 0.1) is 5.69 Å². The second-order valence-electron chi connectivity index (χ2n) is 8.89. The summed E-state index contributed by atoms with van der Waals surface area (Å²) in [5.41, 5.74) is 10.5. The molecule has 1 nitrogen and oxygen atoms in total. The zero-order chi connectivity index (χ0) is 22.4. The standard InChI is InChI=1S/C30H23Br2N/c31-24-9-13-26(14-10-24)33(27-15-11-25(32)12-16-27)30-4-2-1-3-28(30)23-8-7-22-18-20-5-6-21(17-20)29(22)19-23/h1-4,7-16,18-19,21H,5-6,17H2. The predicted octanol–water partition coefficient (Wildman–Crippen LogP) is 10.0. The van der Waals surface area contributed by atoms with E-state index in [1.807, 2.05) is 0 Å². The van der Waals surface area contributed by atoms with Crippen LogP contribution in [0.4, 0.5) is 17.1 Å². The van der Waals surface area contributed by atoms with Gasteiger partial charge in [-0.15, -0.1) is 0 Å². The molecule has 3 heteroatoms. The maximum Gasteiger partial charge on any atom is 0.0540 e. The summed E-state index contributed by atoms with van der Waals surface area (Å²) >= 11 is 7.18. The number of allylic oxidation sites excluding steroid dienone is 1. The molecule has 2 aliphatic carbocycles. The van der Waals surface area contributed by atoms with Gasteiger partial charge in [0, 0.05) is 25.9 Å². The molecule has 2 bridgehead atoms. The number of rotatable bonds is 4. The third-order valence-corrected chi connectivity index (χ3v) is 7.89. The van der Waals surface area contributed by atoms with Gasteiger partial charge < -0.3 is 4.90 Å². The van der Waals surface area contributed by atoms with E-state index >= 15 is 0 Å². The summed E-state index contributed by atoms with van der Waals surface area (Å²) in [5.74, 6) is 0.682. The molecule has 0 amide bonds. The molecule has 1 unspecified atom stereocenters. The van der Waals surface area contributed by atoms with E-state index < -0.39 is 0 Å². The molecule has 0 aliphatic heterocycles. The molecule has 0 N–H and O–H groups in total. The average molecular weight is 557 g/mol. The first-order valence-corrected chi connectivity index (χ1v) is 13.0. The predicted molar refractivity (Wildman–Crippen MR) is 147 cm³/mol. The number of benzene rings is 4. The summed E-state index contributed by atoms with van der Waals surface area (Å²) in [4.78, 5) is 2.35. The second-order valence-corrected chi connectivity index (χ2v) is 10.7. The molecular formula is C30H23Br2N. The van der Waals surface area contributed by atoms with Crippen molar-refractivity contribution < 1.29 is 0 Å². The summed E-state index contributed by atoms with van der Waals surface area (Å²) < 4.78 is 2.16. The van der Waals surface area contributed by atoms with Crippen molar-refractivity contribution in [2.24, 2.45) is 0 Å². The maximum absolute atomic E-state index is 3.59. The minimum atomic E-state index is 0.682. The topological polar surface area (TPSA) is 3.24 Å². The van der Waals surface area contributed by atoms with Crippen LogP contribution >= 0.6 is 31.9 Å². The number of hydrogen-bond donors (Lipinski definition) is 0. The highest BCUT2D eigenvalue weighted by molar-refractivity contribution is 9.10. The molecule has 1 atom stereocenters. The lowest BCUT2D eigenvalue weighted by atomic mass is 9.86. The van der Waals surface area contributed by atoms with Crippen molar-refractivity contribution in [2.75, 3.05) is 4.90 Å². The van der Waals surface area contributed by atoms with Crippen molar-refractivity contribution in [3.8, 4) is 11.1 Å². The van der Waals surface area contributed by atoms with Gasteiger partial charge in [0.2, 0.25) is 0 Å². The lowest BCUT2D eigenvalue weighted by Crippen LogP contribution is -2.11. The highest BCUT2D eigenvalue weighted by atomic mass is 79.9. The van der Waals surface area contributed by atoms with Crippen LogP contribution in [-0.4, -0.2) is 0 Å². The van der Waals surface area contributed by atoms with E-state index in [-0.39, 0.29) is 0 Å². The summed E-state index contributed by atoms with van der Waals surface area (Å²) in [7, 11) is 0. The van der Waals surface area contributed by atoms with Gasteiger partial charge in [-0.2, -0.15) is 0 Å². The zero-order valence-electron chi connectivity index (χ0n) is 18.1. The molecule has 6 rings (SSSR count). The van der Waals surface area contributed by atoms with Gasteiger partial charge in [0.15, 0.2) is 0 Å². The van der Waals surface area contributed by atoms with Crippen LogP contribution in [0.1, 0.15) is 36.3 Å². The quantitative estimate of drug-likeness (QED) is 0.241. The van der Waals surface area contributed by atoms with Crippen LogP contribution in [0.15, 0.2) is 106 Å². The number of fused-ring (bicyclic) bond motifs is 4. The smallest absolute Gasteiger partial charge is 0.0540 e. The fourth-order valence-electron chi connectivity index (χ4n) is 5.24. The molecule has 4 aromatic rings. The molecule has 4 aromatic carbocycles. The molecule has 0 aromatic heterocycles. The molecule has 0 saturated heterocycles. The van der Waals surface area contributed by atoms with E-state index in [1.54, 1.807) is 5.57 Å². The Balaban J connectivity index is 1.51. The number of anilines is 3. The van der Waals surface area contributed by atoms with Gasteiger partial charge in [-0.1, -0.05) is 79.9 Å². The summed E-state index contributed by atoms with van der Waals surface area (Å²) in [5, 5.41) is 0. The molecule has 0 spiro atoms. The molecule has 0 radical (unpaired) electrons. The maximum atomic E-state index is 3.59. The third-order valence-electron chi connectivity index (χ3n) is 6.83. The van der Waals surface area contributed by atoms with Crippen molar-refractivity contribution in [3.63, 3.8) is 0 Å². The molecule has 33 heavy (non-hydrogen) atoms. The van der Waals surface area contributed by atoms with E-state index in [1.165, 1.54) is 47.2 Å². The van der Waals surface area contributed by atoms with Gasteiger partial charge in [-0.3, -0.25) is 0 Å². The summed E-state index contributed by atoms with van der Waals surface area (Å²) in [6.45, 7) is 0. The Kier molecular flexibility index (Phi) is 5.48. The lowest BCUT2D eigenvalue weighted by molar-refractivity contribution is 0.727. The second kappa shape index (κ2) is 8.62. The highest BCUT2D eigenvalue weighted by Gasteiger charge is 2.27. The molecule has 2 aliphatic rings. The van der Waals surface area contributed by atoms with Crippen molar-refractivity contribution in [1.29, 1.82) is 0 Å². The molecule has 1 saturated carbocycles. The van der Waals surface area contributed by atoms with Crippen LogP contribution in [0.5, 0.6) is 0 Å². The fourth-order valence-corrected chi connectivity index (χ4v) is 5.77. The van der Waals surface area contributed by atoms with Crippen LogP contribution in [0, 0.1) is 0 Å². The minimum absolute atomic E-state index is 0.682. The molecule has 162 valence electrons. The number of para-hydroxylation sites is 1. The van der Waals surface area contributed by atoms with E-state index in [4.69, 9.17) is 0 Å². The van der Waals surface area contributed by atoms with E-state index in [9.17, 15) is 0 Å². The monoisotopic (exact) mass is 555 g/mol. The highest BCUT2D eigenvalue weighted by Crippen LogP contribution is 2.47. The average Bonchev–Trinajstić information content (AvgIpc) is 3.24. The van der Waals surface area contributed by atoms with E-state index in [0.717, 1.165) is 20.3 Å². The Morgan fingerprint density at radius 2 is 1.39 bits per heavy atom. The Labute approximate surface area is 212 Å². The summed E-state index contributed by atoms with van der Waals surface area (Å²) in [6, 6.07) is 32.9. The first-order valence-electron chi connectivity index (χ1n) is 11.4. The molecular weight excluding hydrogens is 534 g/mol. The van der Waals surface area contributed by atoms with Crippen molar-refractivity contribution >= 4 is 55.0 Å². The van der Waals surface area contributed by atoms with E-state index in [0.29, 0.717) is 5.92 Å². The Bertz CT molecular complexity index is 1310. The first kappa shape index (κ1) is 20.9. The minimum Gasteiger partial charge on any atom is -0.310 e. The third kappa shape index (κ3) is 3.98.